The molecule has 0 radical (unpaired) electrons. The van der Waals surface area contributed by atoms with Gasteiger partial charge in [0.05, 0.1) is 12.2 Å². The average Bonchev–Trinajstić information content (AvgIpc) is 2.66. The van der Waals surface area contributed by atoms with E-state index in [1.165, 1.54) is 0 Å². The Kier molecular flexibility index (Phi) is 2.98. The van der Waals surface area contributed by atoms with Gasteiger partial charge in [0.25, 0.3) is 0 Å². The third kappa shape index (κ3) is 2.61. The van der Waals surface area contributed by atoms with Crippen molar-refractivity contribution in [3.8, 4) is 0 Å². The Balaban J connectivity index is 2.11. The number of imidazole rings is 1. The van der Waals surface area contributed by atoms with Crippen molar-refractivity contribution in [2.75, 3.05) is 0 Å². The van der Waals surface area contributed by atoms with Gasteiger partial charge in [-0.3, -0.25) is 4.79 Å². The van der Waals surface area contributed by atoms with E-state index in [4.69, 9.17) is 0 Å². The molecule has 96 valence electrons. The largest absolute Gasteiger partial charge is 0.471 e. The standard InChI is InChI=1S/C11H10F3N3O/c1-7-2-3-17-6-8(16-9(17)4-7)5-15-10(18)11(12,13)14/h2-4,6H,5H2,1H3,(H,15,18). The van der Waals surface area contributed by atoms with Gasteiger partial charge in [0.15, 0.2) is 0 Å². The molecule has 4 nitrogen and oxygen atoms in total. The number of nitrogens with zero attached hydrogens (tertiary/aromatic N) is 2. The number of hydrogen-bond donors (Lipinski definition) is 1. The van der Waals surface area contributed by atoms with E-state index in [9.17, 15) is 18.0 Å². The van der Waals surface area contributed by atoms with Crippen LogP contribution in [0, 0.1) is 6.92 Å². The molecular weight excluding hydrogens is 247 g/mol. The minimum Gasteiger partial charge on any atom is -0.343 e. The Morgan fingerprint density at radius 1 is 1.50 bits per heavy atom. The number of nitrogens with one attached hydrogen (secondary N) is 1. The topological polar surface area (TPSA) is 46.4 Å². The summed E-state index contributed by atoms with van der Waals surface area (Å²) in [5.74, 6) is -1.96. The molecule has 0 atom stereocenters. The smallest absolute Gasteiger partial charge is 0.343 e. The fourth-order valence-corrected chi connectivity index (χ4v) is 1.49. The number of halogens is 3. The normalized spacial score (nSPS) is 11.8. The first-order valence-electron chi connectivity index (χ1n) is 5.15. The van der Waals surface area contributed by atoms with Gasteiger partial charge in [-0.2, -0.15) is 13.2 Å². The Morgan fingerprint density at radius 3 is 2.89 bits per heavy atom. The lowest BCUT2D eigenvalue weighted by Crippen LogP contribution is -2.36. The summed E-state index contributed by atoms with van der Waals surface area (Å²) in [7, 11) is 0. The molecule has 2 aromatic rings. The molecule has 0 saturated heterocycles. The van der Waals surface area contributed by atoms with Crippen LogP contribution in [0.4, 0.5) is 13.2 Å². The van der Waals surface area contributed by atoms with Crippen LogP contribution in [0.25, 0.3) is 5.65 Å². The van der Waals surface area contributed by atoms with E-state index in [0.717, 1.165) is 5.56 Å². The number of aromatic nitrogens is 2. The molecule has 2 aromatic heterocycles. The highest BCUT2D eigenvalue weighted by Crippen LogP contribution is 2.14. The molecular formula is C11H10F3N3O. The quantitative estimate of drug-likeness (QED) is 0.892. The predicted octanol–water partition coefficient (Wildman–Crippen LogP) is 1.82. The second-order valence-electron chi connectivity index (χ2n) is 3.88. The van der Waals surface area contributed by atoms with Gasteiger partial charge in [-0.05, 0) is 24.6 Å². The maximum Gasteiger partial charge on any atom is 0.471 e. The molecule has 0 aliphatic carbocycles. The number of hydrogen-bond acceptors (Lipinski definition) is 2. The van der Waals surface area contributed by atoms with Gasteiger partial charge in [0.2, 0.25) is 0 Å². The number of pyridine rings is 1. The van der Waals surface area contributed by atoms with Crippen LogP contribution in [0.1, 0.15) is 11.3 Å². The zero-order valence-corrected chi connectivity index (χ0v) is 9.45. The number of rotatable bonds is 2. The average molecular weight is 257 g/mol. The van der Waals surface area contributed by atoms with Crippen molar-refractivity contribution in [3.63, 3.8) is 0 Å². The van der Waals surface area contributed by atoms with Crippen LogP contribution in [0.2, 0.25) is 0 Å². The fourth-order valence-electron chi connectivity index (χ4n) is 1.49. The summed E-state index contributed by atoms with van der Waals surface area (Å²) in [4.78, 5) is 14.7. The van der Waals surface area contributed by atoms with Gasteiger partial charge < -0.3 is 9.72 Å². The lowest BCUT2D eigenvalue weighted by atomic mass is 10.3. The predicted molar refractivity (Wildman–Crippen MR) is 57.8 cm³/mol. The molecule has 0 unspecified atom stereocenters. The fraction of sp³-hybridized carbons (Fsp3) is 0.273. The number of alkyl halides is 3. The van der Waals surface area contributed by atoms with Crippen molar-refractivity contribution < 1.29 is 18.0 Å². The van der Waals surface area contributed by atoms with Crippen molar-refractivity contribution in [1.29, 1.82) is 0 Å². The number of carbonyl (C=O) groups is 1. The van der Waals surface area contributed by atoms with Gasteiger partial charge in [0.1, 0.15) is 5.65 Å². The van der Waals surface area contributed by atoms with E-state index in [0.29, 0.717) is 11.3 Å². The molecule has 7 heteroatoms. The molecule has 0 aliphatic rings. The summed E-state index contributed by atoms with van der Waals surface area (Å²) in [6.45, 7) is 1.64. The zero-order valence-electron chi connectivity index (χ0n) is 9.45. The zero-order chi connectivity index (χ0) is 13.3. The van der Waals surface area contributed by atoms with Crippen molar-refractivity contribution >= 4 is 11.6 Å². The summed E-state index contributed by atoms with van der Waals surface area (Å²) in [6, 6.07) is 3.65. The maximum absolute atomic E-state index is 12.0. The number of amides is 1. The van der Waals surface area contributed by atoms with Crippen LogP contribution < -0.4 is 5.32 Å². The Hall–Kier alpha value is -2.05. The van der Waals surface area contributed by atoms with Gasteiger partial charge in [-0.15, -0.1) is 0 Å². The number of fused-ring (bicyclic) bond motifs is 1. The van der Waals surface area contributed by atoms with E-state index in [1.54, 1.807) is 28.2 Å². The van der Waals surface area contributed by atoms with E-state index >= 15 is 0 Å². The van der Waals surface area contributed by atoms with Crippen molar-refractivity contribution in [2.24, 2.45) is 0 Å². The van der Waals surface area contributed by atoms with E-state index in [1.807, 2.05) is 13.0 Å². The second kappa shape index (κ2) is 4.32. The summed E-state index contributed by atoms with van der Waals surface area (Å²) in [6.07, 6.45) is -1.53. The molecule has 0 spiro atoms. The molecule has 0 aromatic carbocycles. The van der Waals surface area contributed by atoms with Crippen LogP contribution in [0.15, 0.2) is 24.5 Å². The van der Waals surface area contributed by atoms with Crippen molar-refractivity contribution in [1.82, 2.24) is 14.7 Å². The molecule has 0 bridgehead atoms. The highest BCUT2D eigenvalue weighted by molar-refractivity contribution is 5.81. The van der Waals surface area contributed by atoms with Crippen LogP contribution in [-0.4, -0.2) is 21.5 Å². The first-order valence-corrected chi connectivity index (χ1v) is 5.15. The van der Waals surface area contributed by atoms with Crippen LogP contribution in [0.5, 0.6) is 0 Å². The third-order valence-corrected chi connectivity index (χ3v) is 2.35. The van der Waals surface area contributed by atoms with Crippen molar-refractivity contribution in [2.45, 2.75) is 19.6 Å². The van der Waals surface area contributed by atoms with Gasteiger partial charge in [0, 0.05) is 12.4 Å². The molecule has 2 rings (SSSR count). The summed E-state index contributed by atoms with van der Waals surface area (Å²) in [5.41, 5.74) is 2.00. The van der Waals surface area contributed by atoms with Gasteiger partial charge in [-0.25, -0.2) is 4.98 Å². The molecule has 18 heavy (non-hydrogen) atoms. The minimum atomic E-state index is -4.87. The van der Waals surface area contributed by atoms with Crippen LogP contribution >= 0.6 is 0 Å². The maximum atomic E-state index is 12.0. The highest BCUT2D eigenvalue weighted by Gasteiger charge is 2.38. The van der Waals surface area contributed by atoms with E-state index < -0.39 is 12.1 Å². The Labute approximate surface area is 100 Å². The van der Waals surface area contributed by atoms with E-state index in [-0.39, 0.29) is 6.54 Å². The number of aryl methyl sites for hydroxylation is 1. The molecule has 0 aliphatic heterocycles. The molecule has 0 fully saturated rings. The summed E-state index contributed by atoms with van der Waals surface area (Å²) in [5, 5.41) is 1.77. The van der Waals surface area contributed by atoms with E-state index in [2.05, 4.69) is 4.98 Å². The Morgan fingerprint density at radius 2 is 2.22 bits per heavy atom. The lowest BCUT2D eigenvalue weighted by Gasteiger charge is -2.05. The van der Waals surface area contributed by atoms with Gasteiger partial charge >= 0.3 is 12.1 Å². The molecule has 2 heterocycles. The van der Waals surface area contributed by atoms with Gasteiger partial charge in [-0.1, -0.05) is 0 Å². The molecule has 0 saturated carbocycles. The third-order valence-electron chi connectivity index (χ3n) is 2.35. The summed E-state index contributed by atoms with van der Waals surface area (Å²) >= 11 is 0. The second-order valence-corrected chi connectivity index (χ2v) is 3.88. The van der Waals surface area contributed by atoms with Crippen LogP contribution in [0.3, 0.4) is 0 Å². The minimum absolute atomic E-state index is 0.251. The SMILES string of the molecule is Cc1ccn2cc(CNC(=O)C(F)(F)F)nc2c1. The summed E-state index contributed by atoms with van der Waals surface area (Å²) < 4.78 is 37.6. The first-order chi connectivity index (χ1) is 8.36. The monoisotopic (exact) mass is 257 g/mol. The van der Waals surface area contributed by atoms with Crippen LogP contribution in [-0.2, 0) is 11.3 Å². The van der Waals surface area contributed by atoms with Crippen molar-refractivity contribution in [3.05, 3.63) is 35.8 Å². The highest BCUT2D eigenvalue weighted by atomic mass is 19.4. The number of carbonyl (C=O) groups excluding carboxylic acids is 1. The molecule has 1 N–H and O–H groups in total. The Bertz CT molecular complexity index is 589. The molecule has 1 amide bonds. The lowest BCUT2D eigenvalue weighted by molar-refractivity contribution is -0.173. The first kappa shape index (κ1) is 12.4.